The molecule has 8 nitrogen and oxygen atoms in total. The van der Waals surface area contributed by atoms with Crippen LogP contribution < -0.4 is 5.01 Å². The Hall–Kier alpha value is -4.85. The van der Waals surface area contributed by atoms with Crippen LogP contribution in [0.3, 0.4) is 0 Å². The minimum Gasteiger partial charge on any atom is -0.460 e. The first-order valence-corrected chi connectivity index (χ1v) is 12.1. The first-order valence-electron chi connectivity index (χ1n) is 12.1. The van der Waals surface area contributed by atoms with Gasteiger partial charge in [-0.15, -0.1) is 5.10 Å². The van der Waals surface area contributed by atoms with E-state index in [0.29, 0.717) is 11.5 Å². The Kier molecular flexibility index (Phi) is 5.69. The number of aromatic nitrogens is 2. The van der Waals surface area contributed by atoms with Crippen molar-refractivity contribution in [3.8, 4) is 17.1 Å². The van der Waals surface area contributed by atoms with Gasteiger partial charge >= 0.3 is 5.97 Å². The number of anilines is 1. The molecule has 0 spiro atoms. The number of furan rings is 1. The molecule has 0 aliphatic carbocycles. The van der Waals surface area contributed by atoms with E-state index in [9.17, 15) is 4.79 Å². The van der Waals surface area contributed by atoms with Crippen LogP contribution in [-0.2, 0) is 9.53 Å². The Morgan fingerprint density at radius 2 is 1.62 bits per heavy atom. The van der Waals surface area contributed by atoms with Crippen LogP contribution in [0.15, 0.2) is 107 Å². The zero-order chi connectivity index (χ0) is 25.4. The van der Waals surface area contributed by atoms with E-state index in [0.717, 1.165) is 27.9 Å². The number of carbonyl (C=O) groups excluding carboxylic acids is 1. The van der Waals surface area contributed by atoms with Gasteiger partial charge in [-0.05, 0) is 43.3 Å². The maximum absolute atomic E-state index is 12.8. The minimum absolute atomic E-state index is 0.221. The molecule has 8 heteroatoms. The normalized spacial score (nSPS) is 15.3. The predicted molar refractivity (Wildman–Crippen MR) is 142 cm³/mol. The number of hydrazone groups is 1. The first-order chi connectivity index (χ1) is 18.1. The number of amidine groups is 1. The molecule has 0 radical (unpaired) electrons. The largest absolute Gasteiger partial charge is 0.460 e. The molecular formula is C29H25N5O3. The van der Waals surface area contributed by atoms with Gasteiger partial charge in [0.2, 0.25) is 5.84 Å². The number of hydrogen-bond acceptors (Lipinski definition) is 7. The van der Waals surface area contributed by atoms with Crippen LogP contribution in [0.5, 0.6) is 0 Å². The third kappa shape index (κ3) is 4.02. The van der Waals surface area contributed by atoms with Crippen molar-refractivity contribution in [2.24, 2.45) is 5.10 Å². The average Bonchev–Trinajstić information content (AvgIpc) is 3.64. The van der Waals surface area contributed by atoms with Crippen LogP contribution in [0.2, 0.25) is 0 Å². The summed E-state index contributed by atoms with van der Waals surface area (Å²) in [6.45, 7) is 2.04. The number of nitrogens with zero attached hydrogens (tertiary/aromatic N) is 5. The molecule has 2 aromatic heterocycles. The number of hydrogen-bond donors (Lipinski definition) is 0. The van der Waals surface area contributed by atoms with E-state index in [1.165, 1.54) is 0 Å². The highest BCUT2D eigenvalue weighted by molar-refractivity contribution is 6.36. The van der Waals surface area contributed by atoms with Crippen molar-refractivity contribution in [2.45, 2.75) is 13.1 Å². The summed E-state index contributed by atoms with van der Waals surface area (Å²) in [4.78, 5) is 14.7. The smallest absolute Gasteiger partial charge is 0.376 e. The van der Waals surface area contributed by atoms with Crippen LogP contribution in [-0.4, -0.2) is 40.1 Å². The minimum atomic E-state index is -0.478. The molecule has 0 amide bonds. The molecule has 3 aromatic carbocycles. The second-order valence-corrected chi connectivity index (χ2v) is 8.67. The van der Waals surface area contributed by atoms with Crippen LogP contribution >= 0.6 is 0 Å². The van der Waals surface area contributed by atoms with Crippen molar-refractivity contribution in [1.82, 2.24) is 14.7 Å². The van der Waals surface area contributed by atoms with Crippen molar-refractivity contribution in [1.29, 1.82) is 0 Å². The molecular weight excluding hydrogens is 466 g/mol. The molecule has 0 bridgehead atoms. The Labute approximate surface area is 214 Å². The van der Waals surface area contributed by atoms with Crippen LogP contribution in [0.25, 0.3) is 28.1 Å². The Balaban J connectivity index is 1.54. The molecule has 37 heavy (non-hydrogen) atoms. The quantitative estimate of drug-likeness (QED) is 0.287. The van der Waals surface area contributed by atoms with Gasteiger partial charge in [0.05, 0.1) is 18.0 Å². The van der Waals surface area contributed by atoms with Crippen molar-refractivity contribution >= 4 is 28.5 Å². The third-order valence-electron chi connectivity index (χ3n) is 6.31. The summed E-state index contributed by atoms with van der Waals surface area (Å²) in [5.41, 5.74) is 4.02. The molecule has 1 unspecified atom stereocenters. The van der Waals surface area contributed by atoms with Crippen molar-refractivity contribution in [3.63, 3.8) is 0 Å². The van der Waals surface area contributed by atoms with Gasteiger partial charge < -0.3 is 14.1 Å². The summed E-state index contributed by atoms with van der Waals surface area (Å²) in [6, 6.07) is 29.5. The van der Waals surface area contributed by atoms with E-state index >= 15 is 0 Å². The molecule has 1 atom stereocenters. The van der Waals surface area contributed by atoms with Gasteiger partial charge in [0, 0.05) is 24.2 Å². The summed E-state index contributed by atoms with van der Waals surface area (Å²) in [6.07, 6.45) is 1.50. The van der Waals surface area contributed by atoms with E-state index in [-0.39, 0.29) is 12.4 Å². The average molecular weight is 492 g/mol. The summed E-state index contributed by atoms with van der Waals surface area (Å²) in [7, 11) is 1.84. The fraction of sp³-hybridized carbons (Fsp3) is 0.138. The Morgan fingerprint density at radius 1 is 0.946 bits per heavy atom. The summed E-state index contributed by atoms with van der Waals surface area (Å²) < 4.78 is 13.4. The fourth-order valence-electron chi connectivity index (χ4n) is 4.59. The molecule has 0 saturated heterocycles. The van der Waals surface area contributed by atoms with Gasteiger partial charge in [-0.25, -0.2) is 14.5 Å². The van der Waals surface area contributed by atoms with E-state index in [1.54, 1.807) is 6.92 Å². The number of esters is 1. The van der Waals surface area contributed by atoms with Crippen molar-refractivity contribution in [3.05, 3.63) is 103 Å². The standard InChI is InChI=1S/C29H25N5O3/c1-3-36-29(35)27-31-34(22-15-8-5-9-16-22)28(32(27)2)23-19-33(21-13-6-4-7-14-21)30-26(23)25-18-20-12-10-11-17-24(20)37-25/h4-19,28H,3H2,1-2H3. The molecule has 1 aliphatic rings. The summed E-state index contributed by atoms with van der Waals surface area (Å²) in [5, 5.41) is 12.5. The Morgan fingerprint density at radius 3 is 2.32 bits per heavy atom. The van der Waals surface area contributed by atoms with Crippen molar-refractivity contribution < 1.29 is 13.9 Å². The van der Waals surface area contributed by atoms with Crippen LogP contribution in [0.4, 0.5) is 5.69 Å². The highest BCUT2D eigenvalue weighted by atomic mass is 16.5. The summed E-state index contributed by atoms with van der Waals surface area (Å²) in [5.74, 6) is 0.379. The molecule has 0 N–H and O–H groups in total. The van der Waals surface area contributed by atoms with Gasteiger partial charge in [-0.3, -0.25) is 0 Å². The van der Waals surface area contributed by atoms with Crippen LogP contribution in [0.1, 0.15) is 18.7 Å². The van der Waals surface area contributed by atoms with Gasteiger partial charge in [-0.1, -0.05) is 54.6 Å². The molecule has 1 aliphatic heterocycles. The van der Waals surface area contributed by atoms with Gasteiger partial charge in [-0.2, -0.15) is 5.10 Å². The number of rotatable bonds is 6. The highest BCUT2D eigenvalue weighted by Gasteiger charge is 2.40. The second kappa shape index (κ2) is 9.31. The maximum Gasteiger partial charge on any atom is 0.376 e. The first kappa shape index (κ1) is 22.6. The molecule has 5 aromatic rings. The lowest BCUT2D eigenvalue weighted by Gasteiger charge is -2.28. The van der Waals surface area contributed by atoms with Gasteiger partial charge in [0.15, 0.2) is 11.9 Å². The predicted octanol–water partition coefficient (Wildman–Crippen LogP) is 5.61. The number of para-hydroxylation sites is 3. The number of ether oxygens (including phenoxy) is 1. The molecule has 0 saturated carbocycles. The van der Waals surface area contributed by atoms with E-state index < -0.39 is 12.1 Å². The third-order valence-corrected chi connectivity index (χ3v) is 6.31. The molecule has 184 valence electrons. The van der Waals surface area contributed by atoms with Gasteiger partial charge in [0.25, 0.3) is 0 Å². The number of likely N-dealkylation sites (N-methyl/N-ethyl adjacent to an activating group) is 1. The molecule has 3 heterocycles. The van der Waals surface area contributed by atoms with Crippen molar-refractivity contribution in [2.75, 3.05) is 18.7 Å². The lowest BCUT2D eigenvalue weighted by Crippen LogP contribution is -2.36. The topological polar surface area (TPSA) is 76.1 Å². The number of fused-ring (bicyclic) bond motifs is 1. The second-order valence-electron chi connectivity index (χ2n) is 8.67. The Bertz CT molecular complexity index is 1560. The highest BCUT2D eigenvalue weighted by Crippen LogP contribution is 2.40. The lowest BCUT2D eigenvalue weighted by atomic mass is 10.1. The molecule has 6 rings (SSSR count). The zero-order valence-corrected chi connectivity index (χ0v) is 20.5. The zero-order valence-electron chi connectivity index (χ0n) is 20.5. The van der Waals surface area contributed by atoms with E-state index in [1.807, 2.05) is 119 Å². The van der Waals surface area contributed by atoms with E-state index in [2.05, 4.69) is 0 Å². The SMILES string of the molecule is CCOC(=O)C1=NN(c2ccccc2)C(c2cn(-c3ccccc3)nc2-c2cc3ccccc3o2)N1C. The monoisotopic (exact) mass is 491 g/mol. The lowest BCUT2D eigenvalue weighted by molar-refractivity contribution is -0.135. The van der Waals surface area contributed by atoms with Crippen LogP contribution in [0, 0.1) is 0 Å². The molecule has 0 fully saturated rings. The van der Waals surface area contributed by atoms with E-state index in [4.69, 9.17) is 19.4 Å². The maximum atomic E-state index is 12.8. The van der Waals surface area contributed by atoms with Gasteiger partial charge in [0.1, 0.15) is 11.3 Å². The number of benzene rings is 3. The summed E-state index contributed by atoms with van der Waals surface area (Å²) >= 11 is 0. The number of carbonyl (C=O) groups is 1. The fourth-order valence-corrected chi connectivity index (χ4v) is 4.59.